The average molecular weight is 502 g/mol. The summed E-state index contributed by atoms with van der Waals surface area (Å²) in [7, 11) is 2.82. The minimum atomic E-state index is -0.681. The number of imide groups is 1. The Labute approximate surface area is 208 Å². The molecule has 35 heavy (non-hydrogen) atoms. The van der Waals surface area contributed by atoms with Crippen LogP contribution < -0.4 is 15.4 Å². The summed E-state index contributed by atoms with van der Waals surface area (Å²) in [6.07, 6.45) is 0.763. The second-order valence-corrected chi connectivity index (χ2v) is 8.55. The molecule has 10 heteroatoms. The molecule has 1 aliphatic heterocycles. The SMILES string of the molecule is CC[C@@H](NC(=O)N1CC(=O)NC[C@@H](Cc2cc(Cl)ccc2OC)C1=O)c1ccc(C(=O)OC)cc1. The molecule has 0 saturated carbocycles. The van der Waals surface area contributed by atoms with Crippen molar-refractivity contribution < 1.29 is 28.7 Å². The highest BCUT2D eigenvalue weighted by Gasteiger charge is 2.35. The monoisotopic (exact) mass is 501 g/mol. The molecule has 1 heterocycles. The Bertz CT molecular complexity index is 1100. The van der Waals surface area contributed by atoms with Crippen molar-refractivity contribution in [3.63, 3.8) is 0 Å². The molecule has 1 aliphatic rings. The third kappa shape index (κ3) is 6.30. The Hall–Kier alpha value is -3.59. The van der Waals surface area contributed by atoms with Crippen LogP contribution >= 0.6 is 11.6 Å². The van der Waals surface area contributed by atoms with Gasteiger partial charge < -0.3 is 20.1 Å². The standard InChI is InChI=1S/C25H28ClN3O6/c1-4-20(15-5-7-16(8-6-15)24(32)35-3)28-25(33)29-14-22(30)27-13-18(23(29)31)11-17-12-19(26)9-10-21(17)34-2/h5-10,12,18,20H,4,11,13-14H2,1-3H3,(H,27,30)(H,28,33)/t18-,20-/m1/s1. The van der Waals surface area contributed by atoms with Crippen LogP contribution in [0.4, 0.5) is 4.79 Å². The van der Waals surface area contributed by atoms with Crippen molar-refractivity contribution in [3.05, 3.63) is 64.2 Å². The molecule has 1 saturated heterocycles. The van der Waals surface area contributed by atoms with E-state index in [4.69, 9.17) is 21.1 Å². The van der Waals surface area contributed by atoms with E-state index in [1.54, 1.807) is 42.5 Å². The number of benzene rings is 2. The number of nitrogens with zero attached hydrogens (tertiary/aromatic N) is 1. The van der Waals surface area contributed by atoms with Gasteiger partial charge in [0, 0.05) is 11.6 Å². The fourth-order valence-corrected chi connectivity index (χ4v) is 4.14. The molecule has 0 spiro atoms. The maximum absolute atomic E-state index is 13.3. The number of amides is 4. The maximum Gasteiger partial charge on any atom is 0.337 e. The van der Waals surface area contributed by atoms with Gasteiger partial charge in [-0.2, -0.15) is 0 Å². The first kappa shape index (κ1) is 26.0. The number of methoxy groups -OCH3 is 2. The molecule has 2 N–H and O–H groups in total. The molecule has 0 radical (unpaired) electrons. The molecule has 186 valence electrons. The summed E-state index contributed by atoms with van der Waals surface area (Å²) >= 11 is 6.12. The summed E-state index contributed by atoms with van der Waals surface area (Å²) in [6, 6.07) is 10.6. The normalized spacial score (nSPS) is 16.7. The summed E-state index contributed by atoms with van der Waals surface area (Å²) in [6.45, 7) is 1.58. The van der Waals surface area contributed by atoms with E-state index in [1.165, 1.54) is 14.2 Å². The first-order valence-corrected chi connectivity index (χ1v) is 11.5. The lowest BCUT2D eigenvalue weighted by atomic mass is 9.97. The molecule has 0 aliphatic carbocycles. The topological polar surface area (TPSA) is 114 Å². The van der Waals surface area contributed by atoms with E-state index < -0.39 is 35.8 Å². The van der Waals surface area contributed by atoms with Crippen LogP contribution in [0.2, 0.25) is 5.02 Å². The number of nitrogens with one attached hydrogen (secondary N) is 2. The fraction of sp³-hybridized carbons (Fsp3) is 0.360. The van der Waals surface area contributed by atoms with Crippen molar-refractivity contribution in [3.8, 4) is 5.75 Å². The molecule has 2 aromatic carbocycles. The van der Waals surface area contributed by atoms with Crippen LogP contribution in [0.5, 0.6) is 5.75 Å². The minimum absolute atomic E-state index is 0.0866. The molecule has 0 bridgehead atoms. The Morgan fingerprint density at radius 2 is 1.89 bits per heavy atom. The molecule has 0 unspecified atom stereocenters. The zero-order valence-electron chi connectivity index (χ0n) is 19.8. The number of carbonyl (C=O) groups is 4. The first-order valence-electron chi connectivity index (χ1n) is 11.2. The molecule has 9 nitrogen and oxygen atoms in total. The zero-order chi connectivity index (χ0) is 25.5. The van der Waals surface area contributed by atoms with Crippen LogP contribution in [0, 0.1) is 5.92 Å². The average Bonchev–Trinajstić information content (AvgIpc) is 3.00. The number of hydrogen-bond acceptors (Lipinski definition) is 6. The van der Waals surface area contributed by atoms with Crippen LogP contribution in [0.15, 0.2) is 42.5 Å². The minimum Gasteiger partial charge on any atom is -0.496 e. The van der Waals surface area contributed by atoms with Gasteiger partial charge in [-0.05, 0) is 54.3 Å². The summed E-state index contributed by atoms with van der Waals surface area (Å²) in [5.74, 6) is -1.48. The number of esters is 1. The first-order chi connectivity index (χ1) is 16.8. The Balaban J connectivity index is 1.78. The maximum atomic E-state index is 13.3. The molecule has 0 aromatic heterocycles. The zero-order valence-corrected chi connectivity index (χ0v) is 20.6. The lowest BCUT2D eigenvalue weighted by Crippen LogP contribution is -2.48. The van der Waals surface area contributed by atoms with Gasteiger partial charge in [0.1, 0.15) is 12.3 Å². The largest absolute Gasteiger partial charge is 0.496 e. The molecule has 3 rings (SSSR count). The third-order valence-electron chi connectivity index (χ3n) is 5.86. The van der Waals surface area contributed by atoms with Crippen molar-refractivity contribution in [2.75, 3.05) is 27.3 Å². The number of halogens is 1. The third-order valence-corrected chi connectivity index (χ3v) is 6.09. The van der Waals surface area contributed by atoms with Gasteiger partial charge in [-0.25, -0.2) is 9.59 Å². The van der Waals surface area contributed by atoms with Gasteiger partial charge in [-0.15, -0.1) is 0 Å². The molecule has 2 atom stereocenters. The highest BCUT2D eigenvalue weighted by Crippen LogP contribution is 2.26. The molecular weight excluding hydrogens is 474 g/mol. The summed E-state index contributed by atoms with van der Waals surface area (Å²) in [5, 5.41) is 6.03. The van der Waals surface area contributed by atoms with Crippen molar-refractivity contribution >= 4 is 35.4 Å². The lowest BCUT2D eigenvalue weighted by molar-refractivity contribution is -0.133. The number of hydrogen-bond donors (Lipinski definition) is 2. The van der Waals surface area contributed by atoms with Gasteiger partial charge >= 0.3 is 12.0 Å². The van der Waals surface area contributed by atoms with Crippen LogP contribution in [0.1, 0.15) is 40.9 Å². The predicted octanol–water partition coefficient (Wildman–Crippen LogP) is 3.11. The van der Waals surface area contributed by atoms with E-state index >= 15 is 0 Å². The van der Waals surface area contributed by atoms with E-state index in [9.17, 15) is 19.2 Å². The van der Waals surface area contributed by atoms with E-state index in [0.29, 0.717) is 28.3 Å². The number of carbonyl (C=O) groups excluding carboxylic acids is 4. The van der Waals surface area contributed by atoms with Crippen molar-refractivity contribution in [1.82, 2.24) is 15.5 Å². The number of rotatable bonds is 7. The molecule has 2 aromatic rings. The van der Waals surface area contributed by atoms with Gasteiger partial charge in [-0.3, -0.25) is 14.5 Å². The number of urea groups is 1. The lowest BCUT2D eigenvalue weighted by Gasteiger charge is -2.25. The van der Waals surface area contributed by atoms with E-state index in [2.05, 4.69) is 10.6 Å². The van der Waals surface area contributed by atoms with Crippen LogP contribution in [-0.4, -0.2) is 56.0 Å². The Morgan fingerprint density at radius 3 is 2.51 bits per heavy atom. The summed E-state index contributed by atoms with van der Waals surface area (Å²) in [5.41, 5.74) is 1.84. The van der Waals surface area contributed by atoms with E-state index in [1.807, 2.05) is 6.92 Å². The molecular formula is C25H28ClN3O6. The van der Waals surface area contributed by atoms with Gasteiger partial charge in [0.15, 0.2) is 0 Å². The second kappa shape index (κ2) is 11.7. The van der Waals surface area contributed by atoms with E-state index in [-0.39, 0.29) is 19.5 Å². The van der Waals surface area contributed by atoms with Gasteiger partial charge in [0.25, 0.3) is 0 Å². The quantitative estimate of drug-likeness (QED) is 0.563. The molecule has 4 amide bonds. The Morgan fingerprint density at radius 1 is 1.17 bits per heavy atom. The van der Waals surface area contributed by atoms with Crippen LogP contribution in [-0.2, 0) is 20.7 Å². The van der Waals surface area contributed by atoms with Crippen molar-refractivity contribution in [2.45, 2.75) is 25.8 Å². The highest BCUT2D eigenvalue weighted by molar-refractivity contribution is 6.30. The van der Waals surface area contributed by atoms with Crippen LogP contribution in [0.25, 0.3) is 0 Å². The van der Waals surface area contributed by atoms with Crippen molar-refractivity contribution in [2.24, 2.45) is 5.92 Å². The number of ether oxygens (including phenoxy) is 2. The predicted molar refractivity (Wildman–Crippen MR) is 129 cm³/mol. The highest BCUT2D eigenvalue weighted by atomic mass is 35.5. The fourth-order valence-electron chi connectivity index (χ4n) is 3.94. The van der Waals surface area contributed by atoms with E-state index in [0.717, 1.165) is 10.5 Å². The van der Waals surface area contributed by atoms with Gasteiger partial charge in [0.2, 0.25) is 11.8 Å². The van der Waals surface area contributed by atoms with Crippen molar-refractivity contribution in [1.29, 1.82) is 0 Å². The summed E-state index contributed by atoms with van der Waals surface area (Å²) in [4.78, 5) is 51.4. The molecule has 1 fully saturated rings. The smallest absolute Gasteiger partial charge is 0.337 e. The summed E-state index contributed by atoms with van der Waals surface area (Å²) < 4.78 is 10.1. The van der Waals surface area contributed by atoms with Crippen LogP contribution in [0.3, 0.4) is 0 Å². The van der Waals surface area contributed by atoms with Gasteiger partial charge in [0.05, 0.1) is 31.7 Å². The van der Waals surface area contributed by atoms with Gasteiger partial charge in [-0.1, -0.05) is 30.7 Å². The Kier molecular flexibility index (Phi) is 8.70. The second-order valence-electron chi connectivity index (χ2n) is 8.11.